The van der Waals surface area contributed by atoms with Gasteiger partial charge in [0.25, 0.3) is 0 Å². The second kappa shape index (κ2) is 4.84. The van der Waals surface area contributed by atoms with E-state index in [9.17, 15) is 13.2 Å². The first-order chi connectivity index (χ1) is 8.95. The molecule has 0 aliphatic carbocycles. The number of nitrogens with two attached hydrogens (primary N) is 1. The molecule has 100 valence electrons. The van der Waals surface area contributed by atoms with Gasteiger partial charge >= 0.3 is 0 Å². The summed E-state index contributed by atoms with van der Waals surface area (Å²) in [6, 6.07) is 5.77. The fourth-order valence-electron chi connectivity index (χ4n) is 1.86. The fraction of sp³-hybridized carbons (Fsp3) is 0.143. The van der Waals surface area contributed by atoms with E-state index >= 15 is 0 Å². The number of nitrogen functional groups attached to an aromatic ring is 1. The van der Waals surface area contributed by atoms with Crippen LogP contribution in [0.2, 0.25) is 0 Å². The Hall–Kier alpha value is -2.17. The van der Waals surface area contributed by atoms with Gasteiger partial charge in [0.1, 0.15) is 5.75 Å². The summed E-state index contributed by atoms with van der Waals surface area (Å²) in [6.45, 7) is 1.37. The molecule has 0 atom stereocenters. The second-order valence-electron chi connectivity index (χ2n) is 4.14. The molecule has 0 amide bonds. The second-order valence-corrected chi connectivity index (χ2v) is 4.14. The van der Waals surface area contributed by atoms with Crippen molar-refractivity contribution < 1.29 is 17.9 Å². The van der Waals surface area contributed by atoms with E-state index in [1.54, 1.807) is 0 Å². The van der Waals surface area contributed by atoms with E-state index in [-0.39, 0.29) is 11.1 Å². The molecule has 2 aromatic carbocycles. The Morgan fingerprint density at radius 3 is 2.26 bits per heavy atom. The molecule has 0 fully saturated rings. The summed E-state index contributed by atoms with van der Waals surface area (Å²) in [5.74, 6) is -3.62. The summed E-state index contributed by atoms with van der Waals surface area (Å²) in [4.78, 5) is 0. The summed E-state index contributed by atoms with van der Waals surface area (Å²) in [7, 11) is 1.39. The molecule has 5 heteroatoms. The minimum Gasteiger partial charge on any atom is -0.496 e. The number of ether oxygens (including phenoxy) is 1. The van der Waals surface area contributed by atoms with Gasteiger partial charge in [-0.3, -0.25) is 0 Å². The van der Waals surface area contributed by atoms with Crippen LogP contribution in [-0.4, -0.2) is 7.11 Å². The van der Waals surface area contributed by atoms with E-state index < -0.39 is 17.5 Å². The summed E-state index contributed by atoms with van der Waals surface area (Å²) < 4.78 is 45.6. The number of methoxy groups -OCH3 is 1. The van der Waals surface area contributed by atoms with Crippen LogP contribution in [0.4, 0.5) is 18.9 Å². The fourth-order valence-corrected chi connectivity index (χ4v) is 1.86. The molecular weight excluding hydrogens is 255 g/mol. The highest BCUT2D eigenvalue weighted by Crippen LogP contribution is 2.35. The van der Waals surface area contributed by atoms with Gasteiger partial charge in [-0.15, -0.1) is 0 Å². The average Bonchev–Trinajstić information content (AvgIpc) is 2.40. The van der Waals surface area contributed by atoms with Gasteiger partial charge in [-0.25, -0.2) is 13.2 Å². The molecule has 0 heterocycles. The summed E-state index contributed by atoms with van der Waals surface area (Å²) >= 11 is 0. The highest BCUT2D eigenvalue weighted by Gasteiger charge is 2.19. The van der Waals surface area contributed by atoms with Crippen molar-refractivity contribution in [2.45, 2.75) is 6.92 Å². The number of aryl methyl sites for hydroxylation is 1. The van der Waals surface area contributed by atoms with Crippen molar-refractivity contribution in [1.29, 1.82) is 0 Å². The van der Waals surface area contributed by atoms with E-state index in [1.807, 2.05) is 0 Å². The first-order valence-corrected chi connectivity index (χ1v) is 5.53. The summed E-state index contributed by atoms with van der Waals surface area (Å²) in [5, 5.41) is 0. The maximum absolute atomic E-state index is 13.8. The van der Waals surface area contributed by atoms with Crippen molar-refractivity contribution in [2.75, 3.05) is 12.8 Å². The molecule has 0 radical (unpaired) electrons. The quantitative estimate of drug-likeness (QED) is 0.665. The van der Waals surface area contributed by atoms with Crippen LogP contribution in [0.25, 0.3) is 11.1 Å². The molecule has 0 aliphatic rings. The number of anilines is 1. The van der Waals surface area contributed by atoms with Gasteiger partial charge in [-0.2, -0.15) is 0 Å². The van der Waals surface area contributed by atoms with E-state index in [0.717, 1.165) is 0 Å². The smallest absolute Gasteiger partial charge is 0.195 e. The van der Waals surface area contributed by atoms with Gasteiger partial charge in [0.05, 0.1) is 7.11 Å². The molecule has 2 aromatic rings. The third-order valence-electron chi connectivity index (χ3n) is 2.84. The maximum atomic E-state index is 13.8. The van der Waals surface area contributed by atoms with Gasteiger partial charge < -0.3 is 10.5 Å². The Labute approximate surface area is 108 Å². The van der Waals surface area contributed by atoms with Crippen LogP contribution in [0.15, 0.2) is 24.3 Å². The molecule has 2 rings (SSSR count). The third-order valence-corrected chi connectivity index (χ3v) is 2.84. The summed E-state index contributed by atoms with van der Waals surface area (Å²) in [5.41, 5.74) is 6.30. The molecule has 2 nitrogen and oxygen atoms in total. The first kappa shape index (κ1) is 13.3. The maximum Gasteiger partial charge on any atom is 0.195 e. The molecule has 0 aromatic heterocycles. The van der Waals surface area contributed by atoms with Crippen molar-refractivity contribution in [3.63, 3.8) is 0 Å². The predicted octanol–water partition coefficient (Wildman–Crippen LogP) is 3.67. The Kier molecular flexibility index (Phi) is 3.38. The Morgan fingerprint density at radius 1 is 0.947 bits per heavy atom. The van der Waals surface area contributed by atoms with E-state index in [0.29, 0.717) is 17.0 Å². The van der Waals surface area contributed by atoms with Crippen LogP contribution in [0.1, 0.15) is 5.56 Å². The SMILES string of the molecule is COc1cc(N)ccc1-c1cc(C)c(F)c(F)c1F. The summed E-state index contributed by atoms with van der Waals surface area (Å²) in [6.07, 6.45) is 0. The lowest BCUT2D eigenvalue weighted by atomic mass is 10.0. The zero-order chi connectivity index (χ0) is 14.2. The lowest BCUT2D eigenvalue weighted by Gasteiger charge is -2.12. The first-order valence-electron chi connectivity index (χ1n) is 5.53. The topological polar surface area (TPSA) is 35.2 Å². The lowest BCUT2D eigenvalue weighted by molar-refractivity contribution is 0.415. The van der Waals surface area contributed by atoms with E-state index in [4.69, 9.17) is 10.5 Å². The van der Waals surface area contributed by atoms with Crippen molar-refractivity contribution >= 4 is 5.69 Å². The van der Waals surface area contributed by atoms with Crippen LogP contribution >= 0.6 is 0 Å². The monoisotopic (exact) mass is 267 g/mol. The van der Waals surface area contributed by atoms with Gasteiger partial charge in [0, 0.05) is 22.9 Å². The molecule has 0 aliphatic heterocycles. The standard InChI is InChI=1S/C14H12F3NO/c1-7-5-10(13(16)14(17)12(7)15)9-4-3-8(18)6-11(9)19-2/h3-6H,18H2,1-2H3. The minimum absolute atomic E-state index is 0.0211. The number of rotatable bonds is 2. The largest absolute Gasteiger partial charge is 0.496 e. The zero-order valence-corrected chi connectivity index (χ0v) is 10.4. The van der Waals surface area contributed by atoms with E-state index in [2.05, 4.69) is 0 Å². The third kappa shape index (κ3) is 2.23. The normalized spacial score (nSPS) is 10.6. The Bertz CT molecular complexity index is 641. The molecule has 0 unspecified atom stereocenters. The van der Waals surface area contributed by atoms with Crippen LogP contribution in [0.3, 0.4) is 0 Å². The van der Waals surface area contributed by atoms with Gasteiger partial charge in [-0.1, -0.05) is 0 Å². The average molecular weight is 267 g/mol. The van der Waals surface area contributed by atoms with Gasteiger partial charge in [0.2, 0.25) is 0 Å². The van der Waals surface area contributed by atoms with Crippen molar-refractivity contribution in [3.05, 3.63) is 47.3 Å². The molecular formula is C14H12F3NO. The number of halogens is 3. The van der Waals surface area contributed by atoms with Gasteiger partial charge in [0.15, 0.2) is 17.5 Å². The molecule has 0 spiro atoms. The van der Waals surface area contributed by atoms with Crippen LogP contribution in [0.5, 0.6) is 5.75 Å². The molecule has 0 bridgehead atoms. The number of hydrogen-bond acceptors (Lipinski definition) is 2. The van der Waals surface area contributed by atoms with Gasteiger partial charge in [-0.05, 0) is 30.7 Å². The van der Waals surface area contributed by atoms with Crippen molar-refractivity contribution in [3.8, 4) is 16.9 Å². The lowest BCUT2D eigenvalue weighted by Crippen LogP contribution is -1.99. The molecule has 0 saturated carbocycles. The molecule has 0 saturated heterocycles. The Morgan fingerprint density at radius 2 is 1.63 bits per heavy atom. The molecule has 19 heavy (non-hydrogen) atoms. The van der Waals surface area contributed by atoms with Crippen LogP contribution in [-0.2, 0) is 0 Å². The van der Waals surface area contributed by atoms with Crippen LogP contribution in [0, 0.1) is 24.4 Å². The number of hydrogen-bond donors (Lipinski definition) is 1. The number of benzene rings is 2. The van der Waals surface area contributed by atoms with E-state index in [1.165, 1.54) is 38.3 Å². The van der Waals surface area contributed by atoms with Crippen molar-refractivity contribution in [1.82, 2.24) is 0 Å². The molecule has 2 N–H and O–H groups in total. The van der Waals surface area contributed by atoms with Crippen LogP contribution < -0.4 is 10.5 Å². The highest BCUT2D eigenvalue weighted by molar-refractivity contribution is 5.74. The zero-order valence-electron chi connectivity index (χ0n) is 10.4. The predicted molar refractivity (Wildman–Crippen MR) is 67.5 cm³/mol. The highest BCUT2D eigenvalue weighted by atomic mass is 19.2. The van der Waals surface area contributed by atoms with Crippen molar-refractivity contribution in [2.24, 2.45) is 0 Å². The minimum atomic E-state index is -1.49. The Balaban J connectivity index is 2.72.